The Kier molecular flexibility index (Phi) is 5.09. The van der Waals surface area contributed by atoms with Crippen molar-refractivity contribution < 1.29 is 14.6 Å². The summed E-state index contributed by atoms with van der Waals surface area (Å²) in [6, 6.07) is 15.1. The molecule has 1 N–H and O–H groups in total. The topological polar surface area (TPSA) is 46.5 Å². The van der Waals surface area contributed by atoms with Crippen LogP contribution >= 0.6 is 11.6 Å². The molecule has 0 heterocycles. The Balaban J connectivity index is 2.27. The van der Waals surface area contributed by atoms with Crippen molar-refractivity contribution in [2.24, 2.45) is 0 Å². The molecule has 0 saturated heterocycles. The van der Waals surface area contributed by atoms with Crippen molar-refractivity contribution in [1.82, 2.24) is 0 Å². The van der Waals surface area contributed by atoms with Crippen molar-refractivity contribution in [2.75, 3.05) is 0 Å². The van der Waals surface area contributed by atoms with E-state index in [-0.39, 0.29) is 0 Å². The summed E-state index contributed by atoms with van der Waals surface area (Å²) in [5.41, 5.74) is 0.815. The molecule has 3 nitrogen and oxygen atoms in total. The molecule has 116 valence electrons. The molecule has 4 heteroatoms. The van der Waals surface area contributed by atoms with Crippen LogP contribution in [0.1, 0.15) is 31.4 Å². The molecule has 2 aromatic rings. The molecule has 0 fully saturated rings. The van der Waals surface area contributed by atoms with Crippen LogP contribution in [0.2, 0.25) is 5.02 Å². The average Bonchev–Trinajstić information content (AvgIpc) is 2.51. The zero-order valence-corrected chi connectivity index (χ0v) is 13.4. The molecule has 1 atom stereocenters. The minimum absolute atomic E-state index is 0.387. The van der Waals surface area contributed by atoms with Gasteiger partial charge in [0.1, 0.15) is 5.75 Å². The third-order valence-electron chi connectivity index (χ3n) is 3.74. The molecule has 0 saturated carbocycles. The van der Waals surface area contributed by atoms with Crippen LogP contribution in [0.15, 0.2) is 48.5 Å². The normalized spacial score (nSPS) is 13.4. The van der Waals surface area contributed by atoms with Gasteiger partial charge in [-0.3, -0.25) is 0 Å². The number of rotatable bonds is 6. The van der Waals surface area contributed by atoms with Crippen molar-refractivity contribution in [3.63, 3.8) is 0 Å². The summed E-state index contributed by atoms with van der Waals surface area (Å²) in [5.74, 6) is -0.361. The summed E-state index contributed by atoms with van der Waals surface area (Å²) in [6.45, 7) is 3.39. The highest BCUT2D eigenvalue weighted by Crippen LogP contribution is 2.27. The van der Waals surface area contributed by atoms with Crippen molar-refractivity contribution in [1.29, 1.82) is 0 Å². The fourth-order valence-electron chi connectivity index (χ4n) is 2.08. The first-order valence-electron chi connectivity index (χ1n) is 7.19. The summed E-state index contributed by atoms with van der Waals surface area (Å²) in [5, 5.41) is 10.1. The molecule has 2 aromatic carbocycles. The maximum absolute atomic E-state index is 11.4. The number of carboxylic acid groups (broad SMARTS) is 1. The molecule has 2 rings (SSSR count). The minimum atomic E-state index is -1.23. The van der Waals surface area contributed by atoms with Crippen molar-refractivity contribution >= 4 is 17.6 Å². The van der Waals surface area contributed by atoms with Crippen LogP contribution in [0.25, 0.3) is 0 Å². The molecule has 0 aliphatic carbocycles. The first kappa shape index (κ1) is 16.4. The van der Waals surface area contributed by atoms with Crippen LogP contribution in [-0.4, -0.2) is 16.7 Å². The van der Waals surface area contributed by atoms with Gasteiger partial charge in [-0.25, -0.2) is 4.79 Å². The Bertz CT molecular complexity index is 652. The number of hydrogen-bond donors (Lipinski definition) is 1. The lowest BCUT2D eigenvalue weighted by Gasteiger charge is -2.26. The van der Waals surface area contributed by atoms with Gasteiger partial charge in [-0.1, -0.05) is 48.9 Å². The summed E-state index contributed by atoms with van der Waals surface area (Å²) < 4.78 is 5.81. The van der Waals surface area contributed by atoms with Gasteiger partial charge in [0.15, 0.2) is 0 Å². The van der Waals surface area contributed by atoms with Gasteiger partial charge < -0.3 is 9.84 Å². The number of halogens is 1. The van der Waals surface area contributed by atoms with E-state index in [2.05, 4.69) is 0 Å². The number of benzene rings is 2. The van der Waals surface area contributed by atoms with Crippen LogP contribution in [0.4, 0.5) is 0 Å². The van der Waals surface area contributed by atoms with E-state index in [1.54, 1.807) is 13.8 Å². The molecule has 0 spiro atoms. The van der Waals surface area contributed by atoms with Gasteiger partial charge in [-0.2, -0.15) is 0 Å². The molecule has 0 bridgehead atoms. The van der Waals surface area contributed by atoms with Crippen LogP contribution in [0.3, 0.4) is 0 Å². The van der Waals surface area contributed by atoms with Gasteiger partial charge in [-0.05, 0) is 42.7 Å². The Morgan fingerprint density at radius 2 is 1.82 bits per heavy atom. The molecule has 22 heavy (non-hydrogen) atoms. The van der Waals surface area contributed by atoms with Crippen molar-refractivity contribution in [3.05, 3.63) is 64.7 Å². The quantitative estimate of drug-likeness (QED) is 0.849. The summed E-state index contributed by atoms with van der Waals surface area (Å²) in [6.07, 6.45) is 1.05. The van der Waals surface area contributed by atoms with E-state index < -0.39 is 11.6 Å². The second kappa shape index (κ2) is 6.84. The fourth-order valence-corrected chi connectivity index (χ4v) is 2.21. The third-order valence-corrected chi connectivity index (χ3v) is 3.99. The number of hydrogen-bond acceptors (Lipinski definition) is 2. The molecule has 0 aliphatic rings. The smallest absolute Gasteiger partial charge is 0.347 e. The Morgan fingerprint density at radius 3 is 2.41 bits per heavy atom. The Labute approximate surface area is 135 Å². The molecule has 0 aliphatic heterocycles. The number of carbonyl (C=O) groups is 1. The molecular weight excluding hydrogens is 300 g/mol. The maximum Gasteiger partial charge on any atom is 0.347 e. The fraction of sp³-hybridized carbons (Fsp3) is 0.278. The van der Waals surface area contributed by atoms with Crippen molar-refractivity contribution in [2.45, 2.75) is 32.3 Å². The van der Waals surface area contributed by atoms with E-state index >= 15 is 0 Å². The average molecular weight is 319 g/mol. The van der Waals surface area contributed by atoms with Crippen LogP contribution in [0.5, 0.6) is 5.75 Å². The zero-order chi connectivity index (χ0) is 16.2. The zero-order valence-electron chi connectivity index (χ0n) is 12.7. The first-order chi connectivity index (χ1) is 10.4. The van der Waals surface area contributed by atoms with Crippen LogP contribution in [0, 0.1) is 0 Å². The molecule has 0 amide bonds. The van der Waals surface area contributed by atoms with Crippen LogP contribution in [-0.2, 0) is 11.2 Å². The highest BCUT2D eigenvalue weighted by molar-refractivity contribution is 6.30. The predicted octanol–water partition coefficient (Wildman–Crippen LogP) is 4.56. The van der Waals surface area contributed by atoms with Gasteiger partial charge in [0.2, 0.25) is 5.60 Å². The standard InChI is InChI=1S/C18H19ClO3/c1-3-18(2,17(20)21)22-16-7-5-4-6-14(16)12-13-8-10-15(19)11-9-13/h4-11H,3,12H2,1-2H3,(H,20,21). The lowest BCUT2D eigenvalue weighted by atomic mass is 10.0. The SMILES string of the molecule is CCC(C)(Oc1ccccc1Cc1ccc(Cl)cc1)C(=O)O. The number of para-hydroxylation sites is 1. The summed E-state index contributed by atoms with van der Waals surface area (Å²) >= 11 is 5.90. The van der Waals surface area contributed by atoms with E-state index in [1.807, 2.05) is 48.5 Å². The van der Waals surface area contributed by atoms with Gasteiger partial charge in [0.05, 0.1) is 0 Å². The van der Waals surface area contributed by atoms with Gasteiger partial charge >= 0.3 is 5.97 Å². The Morgan fingerprint density at radius 1 is 1.18 bits per heavy atom. The van der Waals surface area contributed by atoms with E-state index in [1.165, 1.54) is 0 Å². The number of ether oxygens (including phenoxy) is 1. The lowest BCUT2D eigenvalue weighted by molar-refractivity contribution is -0.154. The maximum atomic E-state index is 11.4. The molecule has 0 radical (unpaired) electrons. The summed E-state index contributed by atoms with van der Waals surface area (Å²) in [4.78, 5) is 11.4. The van der Waals surface area contributed by atoms with Gasteiger partial charge in [0.25, 0.3) is 0 Å². The van der Waals surface area contributed by atoms with Gasteiger partial charge in [-0.15, -0.1) is 0 Å². The largest absolute Gasteiger partial charge is 0.478 e. The van der Waals surface area contributed by atoms with Gasteiger partial charge in [0, 0.05) is 11.4 Å². The summed E-state index contributed by atoms with van der Waals surface area (Å²) in [7, 11) is 0. The molecule has 0 aromatic heterocycles. The second-order valence-electron chi connectivity index (χ2n) is 5.40. The number of carboxylic acids is 1. The first-order valence-corrected chi connectivity index (χ1v) is 7.57. The van der Waals surface area contributed by atoms with E-state index in [9.17, 15) is 9.90 Å². The minimum Gasteiger partial charge on any atom is -0.478 e. The van der Waals surface area contributed by atoms with E-state index in [0.717, 1.165) is 11.1 Å². The van der Waals surface area contributed by atoms with Crippen molar-refractivity contribution in [3.8, 4) is 5.75 Å². The second-order valence-corrected chi connectivity index (χ2v) is 5.84. The Hall–Kier alpha value is -2.00. The highest BCUT2D eigenvalue weighted by atomic mass is 35.5. The monoisotopic (exact) mass is 318 g/mol. The highest BCUT2D eigenvalue weighted by Gasteiger charge is 2.34. The van der Waals surface area contributed by atoms with E-state index in [4.69, 9.17) is 16.3 Å². The van der Waals surface area contributed by atoms with Crippen LogP contribution < -0.4 is 4.74 Å². The molecule has 1 unspecified atom stereocenters. The number of aliphatic carboxylic acids is 1. The lowest BCUT2D eigenvalue weighted by Crippen LogP contribution is -2.40. The third kappa shape index (κ3) is 3.80. The predicted molar refractivity (Wildman–Crippen MR) is 87.7 cm³/mol. The molecular formula is C18H19ClO3. The van der Waals surface area contributed by atoms with E-state index in [0.29, 0.717) is 23.6 Å².